The first kappa shape index (κ1) is 13.9. The third-order valence-electron chi connectivity index (χ3n) is 3.62. The minimum absolute atomic E-state index is 0.393. The largest absolute Gasteiger partial charge is 0.375 e. The highest BCUT2D eigenvalue weighted by atomic mass is 79.9. The van der Waals surface area contributed by atoms with Crippen molar-refractivity contribution in [1.82, 2.24) is 4.98 Å². The molecule has 3 nitrogen and oxygen atoms in total. The molecular formula is C15H18BrN3S. The van der Waals surface area contributed by atoms with E-state index in [1.165, 1.54) is 33.5 Å². The minimum atomic E-state index is 0.393. The van der Waals surface area contributed by atoms with Crippen LogP contribution in [0.1, 0.15) is 29.3 Å². The van der Waals surface area contributed by atoms with E-state index in [1.807, 2.05) is 37.7 Å². The van der Waals surface area contributed by atoms with E-state index in [9.17, 15) is 0 Å². The van der Waals surface area contributed by atoms with Crippen LogP contribution in [-0.2, 0) is 6.42 Å². The van der Waals surface area contributed by atoms with Gasteiger partial charge in [0, 0.05) is 25.2 Å². The van der Waals surface area contributed by atoms with Crippen LogP contribution in [0.3, 0.4) is 0 Å². The molecule has 1 aliphatic carbocycles. The molecule has 0 aromatic carbocycles. The molecule has 1 aliphatic rings. The number of aryl methyl sites for hydroxylation is 1. The Labute approximate surface area is 132 Å². The number of halogens is 1. The number of pyridine rings is 1. The summed E-state index contributed by atoms with van der Waals surface area (Å²) in [5.74, 6) is 0.994. The normalized spacial score (nSPS) is 17.6. The second-order valence-corrected chi connectivity index (χ2v) is 7.80. The van der Waals surface area contributed by atoms with Crippen LogP contribution in [0.4, 0.5) is 11.5 Å². The smallest absolute Gasteiger partial charge is 0.151 e. The number of fused-ring (bicyclic) bond motifs is 1. The third kappa shape index (κ3) is 2.69. The SMILES string of the molecule is CN(C)c1ncccc1NC1CCCc2sc(Br)cc21. The van der Waals surface area contributed by atoms with Gasteiger partial charge in [-0.1, -0.05) is 0 Å². The fourth-order valence-corrected chi connectivity index (χ4v) is 4.54. The molecule has 2 aromatic heterocycles. The predicted molar refractivity (Wildman–Crippen MR) is 89.9 cm³/mol. The molecule has 106 valence electrons. The van der Waals surface area contributed by atoms with Crippen LogP contribution in [0, 0.1) is 0 Å². The van der Waals surface area contributed by atoms with Crippen LogP contribution >= 0.6 is 27.3 Å². The maximum Gasteiger partial charge on any atom is 0.151 e. The number of nitrogens with zero attached hydrogens (tertiary/aromatic N) is 2. The van der Waals surface area contributed by atoms with Gasteiger partial charge in [-0.15, -0.1) is 11.3 Å². The number of anilines is 2. The molecule has 0 amide bonds. The molecule has 0 radical (unpaired) electrons. The van der Waals surface area contributed by atoms with E-state index in [1.54, 1.807) is 0 Å². The summed E-state index contributed by atoms with van der Waals surface area (Å²) in [6, 6.07) is 6.76. The average molecular weight is 352 g/mol. The summed E-state index contributed by atoms with van der Waals surface area (Å²) in [4.78, 5) is 8.02. The van der Waals surface area contributed by atoms with Crippen molar-refractivity contribution in [2.24, 2.45) is 0 Å². The van der Waals surface area contributed by atoms with Gasteiger partial charge >= 0.3 is 0 Å². The Hall–Kier alpha value is -1.07. The monoisotopic (exact) mass is 351 g/mol. The molecule has 2 aromatic rings. The van der Waals surface area contributed by atoms with Crippen LogP contribution in [0.15, 0.2) is 28.2 Å². The summed E-state index contributed by atoms with van der Waals surface area (Å²) >= 11 is 5.48. The highest BCUT2D eigenvalue weighted by Crippen LogP contribution is 2.40. The fraction of sp³-hybridized carbons (Fsp3) is 0.400. The first-order valence-corrected chi connectivity index (χ1v) is 8.43. The zero-order valence-corrected chi connectivity index (χ0v) is 14.1. The first-order chi connectivity index (χ1) is 9.65. The Morgan fingerprint density at radius 1 is 1.45 bits per heavy atom. The number of nitrogens with one attached hydrogen (secondary N) is 1. The number of thiophene rings is 1. The Balaban J connectivity index is 1.89. The second-order valence-electron chi connectivity index (χ2n) is 5.29. The van der Waals surface area contributed by atoms with Crippen LogP contribution in [-0.4, -0.2) is 19.1 Å². The Kier molecular flexibility index (Phi) is 3.98. The summed E-state index contributed by atoms with van der Waals surface area (Å²) in [7, 11) is 4.06. The van der Waals surface area contributed by atoms with Crippen LogP contribution in [0.25, 0.3) is 0 Å². The van der Waals surface area contributed by atoms with E-state index >= 15 is 0 Å². The molecule has 2 heterocycles. The lowest BCUT2D eigenvalue weighted by atomic mass is 9.94. The summed E-state index contributed by atoms with van der Waals surface area (Å²) in [6.07, 6.45) is 5.47. The quantitative estimate of drug-likeness (QED) is 0.884. The fourth-order valence-electron chi connectivity index (χ4n) is 2.73. The average Bonchev–Trinajstić information content (AvgIpc) is 2.80. The standard InChI is InChI=1S/C15H18BrN3S/c1-19(2)15-12(6-4-8-17-15)18-11-5-3-7-13-10(11)9-14(16)20-13/h4,6,8-9,11,18H,3,5,7H2,1-2H3. The molecule has 0 bridgehead atoms. The van der Waals surface area contributed by atoms with E-state index in [-0.39, 0.29) is 0 Å². The summed E-state index contributed by atoms with van der Waals surface area (Å²) in [5, 5.41) is 3.68. The van der Waals surface area contributed by atoms with Crippen LogP contribution in [0.5, 0.6) is 0 Å². The summed E-state index contributed by atoms with van der Waals surface area (Å²) < 4.78 is 1.23. The van der Waals surface area contributed by atoms with Gasteiger partial charge in [0.15, 0.2) is 5.82 Å². The van der Waals surface area contributed by atoms with E-state index < -0.39 is 0 Å². The number of aromatic nitrogens is 1. The van der Waals surface area contributed by atoms with Crippen molar-refractivity contribution in [1.29, 1.82) is 0 Å². The molecular weight excluding hydrogens is 334 g/mol. The topological polar surface area (TPSA) is 28.2 Å². The van der Waals surface area contributed by atoms with Gasteiger partial charge in [-0.25, -0.2) is 4.98 Å². The van der Waals surface area contributed by atoms with Crippen molar-refractivity contribution < 1.29 is 0 Å². The van der Waals surface area contributed by atoms with Gasteiger partial charge in [-0.3, -0.25) is 0 Å². The third-order valence-corrected chi connectivity index (χ3v) is 5.34. The molecule has 1 atom stereocenters. The lowest BCUT2D eigenvalue weighted by Gasteiger charge is -2.26. The minimum Gasteiger partial charge on any atom is -0.375 e. The second kappa shape index (κ2) is 5.74. The maximum absolute atomic E-state index is 4.46. The van der Waals surface area contributed by atoms with Crippen molar-refractivity contribution in [3.63, 3.8) is 0 Å². The molecule has 0 saturated carbocycles. The van der Waals surface area contributed by atoms with Crippen molar-refractivity contribution in [2.75, 3.05) is 24.3 Å². The van der Waals surface area contributed by atoms with Crippen molar-refractivity contribution in [3.8, 4) is 0 Å². The Morgan fingerprint density at radius 2 is 2.30 bits per heavy atom. The highest BCUT2D eigenvalue weighted by Gasteiger charge is 2.23. The predicted octanol–water partition coefficient (Wildman–Crippen LogP) is 4.46. The molecule has 1 N–H and O–H groups in total. The van der Waals surface area contributed by atoms with E-state index in [2.05, 4.69) is 43.3 Å². The summed E-state index contributed by atoms with van der Waals surface area (Å²) in [5.41, 5.74) is 2.55. The van der Waals surface area contributed by atoms with Crippen molar-refractivity contribution in [3.05, 3.63) is 38.6 Å². The molecule has 1 unspecified atom stereocenters. The molecule has 20 heavy (non-hydrogen) atoms. The number of rotatable bonds is 3. The molecule has 5 heteroatoms. The molecule has 0 spiro atoms. The van der Waals surface area contributed by atoms with Gasteiger partial charge < -0.3 is 10.2 Å². The zero-order chi connectivity index (χ0) is 14.1. The molecule has 3 rings (SSSR count). The van der Waals surface area contributed by atoms with Gasteiger partial charge in [-0.2, -0.15) is 0 Å². The van der Waals surface area contributed by atoms with Gasteiger partial charge in [0.2, 0.25) is 0 Å². The summed E-state index contributed by atoms with van der Waals surface area (Å²) in [6.45, 7) is 0. The van der Waals surface area contributed by atoms with E-state index in [0.29, 0.717) is 6.04 Å². The molecule has 0 aliphatic heterocycles. The Morgan fingerprint density at radius 3 is 3.10 bits per heavy atom. The van der Waals surface area contributed by atoms with Crippen molar-refractivity contribution in [2.45, 2.75) is 25.3 Å². The Bertz CT molecular complexity index is 609. The van der Waals surface area contributed by atoms with E-state index in [4.69, 9.17) is 0 Å². The lowest BCUT2D eigenvalue weighted by molar-refractivity contribution is 0.608. The first-order valence-electron chi connectivity index (χ1n) is 6.82. The number of hydrogen-bond donors (Lipinski definition) is 1. The van der Waals surface area contributed by atoms with Crippen molar-refractivity contribution >= 4 is 38.8 Å². The van der Waals surface area contributed by atoms with Gasteiger partial charge in [0.25, 0.3) is 0 Å². The number of hydrogen-bond acceptors (Lipinski definition) is 4. The van der Waals surface area contributed by atoms with Gasteiger partial charge in [-0.05, 0) is 59.0 Å². The zero-order valence-electron chi connectivity index (χ0n) is 11.7. The van der Waals surface area contributed by atoms with Crippen LogP contribution < -0.4 is 10.2 Å². The molecule has 0 fully saturated rings. The van der Waals surface area contributed by atoms with Gasteiger partial charge in [0.05, 0.1) is 15.5 Å². The maximum atomic E-state index is 4.46. The van der Waals surface area contributed by atoms with Crippen LogP contribution in [0.2, 0.25) is 0 Å². The van der Waals surface area contributed by atoms with E-state index in [0.717, 1.165) is 11.5 Å². The highest BCUT2D eigenvalue weighted by molar-refractivity contribution is 9.11. The lowest BCUT2D eigenvalue weighted by Crippen LogP contribution is -2.19. The molecule has 0 saturated heterocycles. The van der Waals surface area contributed by atoms with Gasteiger partial charge in [0.1, 0.15) is 0 Å².